The van der Waals surface area contributed by atoms with Crippen molar-refractivity contribution in [2.24, 2.45) is 0 Å². The Bertz CT molecular complexity index is 1260. The summed E-state index contributed by atoms with van der Waals surface area (Å²) in [7, 11) is 0. The molecule has 4 rings (SSSR count). The normalized spacial score (nSPS) is 11.1. The molecule has 140 valence electrons. The van der Waals surface area contributed by atoms with Crippen molar-refractivity contribution in [1.82, 2.24) is 14.6 Å². The van der Waals surface area contributed by atoms with E-state index in [0.717, 1.165) is 23.4 Å². The van der Waals surface area contributed by atoms with Crippen LogP contribution in [0.25, 0.3) is 16.6 Å². The van der Waals surface area contributed by atoms with E-state index in [-0.39, 0.29) is 4.90 Å². The van der Waals surface area contributed by atoms with Crippen molar-refractivity contribution in [3.8, 4) is 11.1 Å². The summed E-state index contributed by atoms with van der Waals surface area (Å²) in [6.07, 6.45) is 1.30. The average Bonchev–Trinajstić information content (AvgIpc) is 2.65. The fraction of sp³-hybridized carbons (Fsp3) is 0.0500. The number of halogens is 3. The number of hydrogen-bond acceptors (Lipinski definition) is 4. The molecule has 8 heteroatoms. The van der Waals surface area contributed by atoms with Crippen LogP contribution in [0, 0.1) is 18.6 Å². The zero-order valence-electron chi connectivity index (χ0n) is 14.5. The van der Waals surface area contributed by atoms with Gasteiger partial charge in [0.15, 0.2) is 0 Å². The zero-order chi connectivity index (χ0) is 19.8. The third kappa shape index (κ3) is 3.39. The highest BCUT2D eigenvalue weighted by atomic mass is 35.5. The Morgan fingerprint density at radius 1 is 1.07 bits per heavy atom. The largest absolute Gasteiger partial charge is 0.281 e. The van der Waals surface area contributed by atoms with Gasteiger partial charge < -0.3 is 0 Å². The Balaban J connectivity index is 1.84. The van der Waals surface area contributed by atoms with Gasteiger partial charge >= 0.3 is 0 Å². The first-order valence-electron chi connectivity index (χ1n) is 8.21. The summed E-state index contributed by atoms with van der Waals surface area (Å²) >= 11 is 7.38. The second-order valence-corrected chi connectivity index (χ2v) is 7.50. The minimum atomic E-state index is -0.669. The van der Waals surface area contributed by atoms with Crippen LogP contribution in [0.3, 0.4) is 0 Å². The molecule has 28 heavy (non-hydrogen) atoms. The number of rotatable bonds is 3. The highest BCUT2D eigenvalue weighted by molar-refractivity contribution is 7.99. The number of aromatic nitrogens is 3. The Kier molecular flexibility index (Phi) is 4.87. The van der Waals surface area contributed by atoms with Gasteiger partial charge in [-0.05, 0) is 42.8 Å². The first kappa shape index (κ1) is 18.6. The Morgan fingerprint density at radius 2 is 1.89 bits per heavy atom. The van der Waals surface area contributed by atoms with E-state index in [2.05, 4.69) is 10.1 Å². The lowest BCUT2D eigenvalue weighted by molar-refractivity contribution is 0.565. The summed E-state index contributed by atoms with van der Waals surface area (Å²) in [6, 6.07) is 12.1. The molecule has 0 fully saturated rings. The maximum Gasteiger partial charge on any atom is 0.281 e. The van der Waals surface area contributed by atoms with Crippen molar-refractivity contribution in [1.29, 1.82) is 0 Å². The molecule has 0 spiro atoms. The highest BCUT2D eigenvalue weighted by Crippen LogP contribution is 2.33. The van der Waals surface area contributed by atoms with E-state index in [1.807, 2.05) is 19.1 Å². The van der Waals surface area contributed by atoms with Gasteiger partial charge in [0.2, 0.25) is 0 Å². The molecule has 0 amide bonds. The summed E-state index contributed by atoms with van der Waals surface area (Å²) < 4.78 is 28.4. The molecule has 0 aliphatic carbocycles. The number of fused-ring (bicyclic) bond motifs is 1. The van der Waals surface area contributed by atoms with Crippen LogP contribution in [-0.2, 0) is 0 Å². The van der Waals surface area contributed by atoms with Crippen LogP contribution >= 0.6 is 23.4 Å². The van der Waals surface area contributed by atoms with Gasteiger partial charge in [-0.25, -0.2) is 13.3 Å². The molecule has 0 aliphatic heterocycles. The smallest absolute Gasteiger partial charge is 0.267 e. The molecular weight excluding hydrogens is 404 g/mol. The van der Waals surface area contributed by atoms with Crippen molar-refractivity contribution in [2.45, 2.75) is 16.8 Å². The number of aryl methyl sites for hydroxylation is 1. The van der Waals surface area contributed by atoms with Gasteiger partial charge in [-0.15, -0.1) is 0 Å². The number of nitrogens with zero attached hydrogens (tertiary/aromatic N) is 3. The second kappa shape index (κ2) is 7.33. The molecule has 2 heterocycles. The van der Waals surface area contributed by atoms with Crippen molar-refractivity contribution >= 4 is 28.9 Å². The van der Waals surface area contributed by atoms with Gasteiger partial charge in [0.25, 0.3) is 5.56 Å². The lowest BCUT2D eigenvalue weighted by atomic mass is 10.0. The fourth-order valence-electron chi connectivity index (χ4n) is 2.90. The van der Waals surface area contributed by atoms with Gasteiger partial charge in [0.05, 0.1) is 11.1 Å². The monoisotopic (exact) mass is 415 g/mol. The minimum absolute atomic E-state index is 0.240. The second-order valence-electron chi connectivity index (χ2n) is 6.03. The van der Waals surface area contributed by atoms with E-state index in [9.17, 15) is 13.6 Å². The zero-order valence-corrected chi connectivity index (χ0v) is 16.1. The molecule has 2 aromatic heterocycles. The Hall–Kier alpha value is -2.77. The Morgan fingerprint density at radius 3 is 2.64 bits per heavy atom. The third-order valence-corrected chi connectivity index (χ3v) is 5.46. The maximum atomic E-state index is 13.9. The molecule has 2 aromatic carbocycles. The first-order valence-corrected chi connectivity index (χ1v) is 9.40. The quantitative estimate of drug-likeness (QED) is 0.464. The van der Waals surface area contributed by atoms with E-state index >= 15 is 0 Å². The molecule has 0 saturated heterocycles. The molecule has 0 atom stereocenters. The van der Waals surface area contributed by atoms with E-state index < -0.39 is 17.2 Å². The van der Waals surface area contributed by atoms with Gasteiger partial charge in [0, 0.05) is 21.5 Å². The lowest BCUT2D eigenvalue weighted by Gasteiger charge is -2.11. The van der Waals surface area contributed by atoms with E-state index in [1.165, 1.54) is 23.0 Å². The van der Waals surface area contributed by atoms with E-state index in [1.54, 1.807) is 18.2 Å². The highest BCUT2D eigenvalue weighted by Gasteiger charge is 2.16. The van der Waals surface area contributed by atoms with Gasteiger partial charge in [-0.2, -0.15) is 10.1 Å². The molecule has 4 aromatic rings. The molecular formula is C20H12ClF2N3OS. The minimum Gasteiger partial charge on any atom is -0.267 e. The van der Waals surface area contributed by atoms with Crippen molar-refractivity contribution < 1.29 is 8.78 Å². The molecule has 0 radical (unpaired) electrons. The SMILES string of the molecule is Cc1cccc(Cl)c1-c1c(=O)ncn2nc(Sc3ccc(F)cc3F)ccc12. The summed E-state index contributed by atoms with van der Waals surface area (Å²) in [5.41, 5.74) is 1.91. The molecule has 0 N–H and O–H groups in total. The van der Waals surface area contributed by atoms with Crippen LogP contribution in [0.1, 0.15) is 5.56 Å². The maximum absolute atomic E-state index is 13.9. The number of benzene rings is 2. The van der Waals surface area contributed by atoms with E-state index in [0.29, 0.717) is 26.7 Å². The van der Waals surface area contributed by atoms with Crippen LogP contribution < -0.4 is 5.56 Å². The fourth-order valence-corrected chi connectivity index (χ4v) is 3.99. The predicted molar refractivity (Wildman–Crippen MR) is 105 cm³/mol. The van der Waals surface area contributed by atoms with Crippen molar-refractivity contribution in [3.63, 3.8) is 0 Å². The molecule has 0 bridgehead atoms. The third-order valence-electron chi connectivity index (χ3n) is 4.17. The Labute approximate surface area is 167 Å². The van der Waals surface area contributed by atoms with Crippen molar-refractivity contribution in [3.05, 3.63) is 87.4 Å². The van der Waals surface area contributed by atoms with Crippen LogP contribution in [0.5, 0.6) is 0 Å². The molecule has 0 saturated carbocycles. The summed E-state index contributed by atoms with van der Waals surface area (Å²) in [5.74, 6) is -1.31. The summed E-state index contributed by atoms with van der Waals surface area (Å²) in [5, 5.41) is 5.30. The summed E-state index contributed by atoms with van der Waals surface area (Å²) in [6.45, 7) is 1.86. The molecule has 0 unspecified atom stereocenters. The lowest BCUT2D eigenvalue weighted by Crippen LogP contribution is -2.14. The van der Waals surface area contributed by atoms with Gasteiger partial charge in [0.1, 0.15) is 23.0 Å². The first-order chi connectivity index (χ1) is 13.4. The molecule has 0 aliphatic rings. The van der Waals surface area contributed by atoms with E-state index in [4.69, 9.17) is 11.6 Å². The van der Waals surface area contributed by atoms with Gasteiger partial charge in [-0.3, -0.25) is 4.79 Å². The number of hydrogen-bond donors (Lipinski definition) is 0. The predicted octanol–water partition coefficient (Wildman–Crippen LogP) is 5.15. The van der Waals surface area contributed by atoms with Gasteiger partial charge in [-0.1, -0.05) is 35.5 Å². The van der Waals surface area contributed by atoms with Crippen LogP contribution in [0.4, 0.5) is 8.78 Å². The topological polar surface area (TPSA) is 47.3 Å². The summed E-state index contributed by atoms with van der Waals surface area (Å²) in [4.78, 5) is 16.6. The molecule has 4 nitrogen and oxygen atoms in total. The van der Waals surface area contributed by atoms with Crippen LogP contribution in [0.15, 0.2) is 69.6 Å². The average molecular weight is 416 g/mol. The van der Waals surface area contributed by atoms with Crippen LogP contribution in [0.2, 0.25) is 5.02 Å². The standard InChI is InChI=1S/C20H12ClF2N3OS/c1-11-3-2-4-13(21)18(11)19-15-6-8-17(25-26(15)10-24-20(19)27)28-16-7-5-12(22)9-14(16)23/h2-10H,1H3. The van der Waals surface area contributed by atoms with Crippen molar-refractivity contribution in [2.75, 3.05) is 0 Å². The van der Waals surface area contributed by atoms with Crippen LogP contribution in [-0.4, -0.2) is 14.6 Å².